The van der Waals surface area contributed by atoms with Crippen LogP contribution in [0.15, 0.2) is 78.9 Å². The molecule has 0 saturated heterocycles. The second-order valence-corrected chi connectivity index (χ2v) is 5.04. The number of benzene rings is 3. The molecule has 21 heavy (non-hydrogen) atoms. The quantitative estimate of drug-likeness (QED) is 0.721. The van der Waals surface area contributed by atoms with E-state index in [1.807, 2.05) is 54.6 Å². The lowest BCUT2D eigenvalue weighted by Gasteiger charge is -2.10. The Hall–Kier alpha value is -2.74. The molecule has 0 aliphatic heterocycles. The normalized spacial score (nSPS) is 10.3. The van der Waals surface area contributed by atoms with Crippen molar-refractivity contribution in [1.29, 1.82) is 0 Å². The number of nitrogens with one attached hydrogen (secondary N) is 1. The van der Waals surface area contributed by atoms with E-state index in [4.69, 9.17) is 0 Å². The summed E-state index contributed by atoms with van der Waals surface area (Å²) in [5.41, 5.74) is 4.22. The average Bonchev–Trinajstić information content (AvgIpc) is 2.48. The number of phenolic OH excluding ortho intramolecular Hbond substituents is 1. The fourth-order valence-corrected chi connectivity index (χ4v) is 2.37. The molecular weight excluding hydrogens is 258 g/mol. The van der Waals surface area contributed by atoms with Gasteiger partial charge in [0.05, 0.1) is 0 Å². The summed E-state index contributed by atoms with van der Waals surface area (Å²) in [6.07, 6.45) is 0.804. The van der Waals surface area contributed by atoms with Gasteiger partial charge in [-0.1, -0.05) is 48.5 Å². The molecule has 0 saturated carbocycles. The zero-order chi connectivity index (χ0) is 14.5. The van der Waals surface area contributed by atoms with Gasteiger partial charge in [0, 0.05) is 17.4 Å². The molecule has 0 heterocycles. The second kappa shape index (κ2) is 6.14. The number of para-hydroxylation sites is 1. The van der Waals surface area contributed by atoms with E-state index in [2.05, 4.69) is 23.5 Å². The maximum atomic E-state index is 9.91. The third kappa shape index (κ3) is 3.63. The summed E-state index contributed by atoms with van der Waals surface area (Å²) in [7, 11) is 0. The van der Waals surface area contributed by atoms with Gasteiger partial charge >= 0.3 is 0 Å². The maximum Gasteiger partial charge on any atom is 0.117 e. The Kier molecular flexibility index (Phi) is 3.88. The Morgan fingerprint density at radius 3 is 2.05 bits per heavy atom. The van der Waals surface area contributed by atoms with Crippen LogP contribution in [0.1, 0.15) is 11.1 Å². The van der Waals surface area contributed by atoms with Gasteiger partial charge in [-0.15, -0.1) is 0 Å². The van der Waals surface area contributed by atoms with Crippen LogP contribution in [0.3, 0.4) is 0 Å². The zero-order valence-corrected chi connectivity index (χ0v) is 11.7. The lowest BCUT2D eigenvalue weighted by molar-refractivity contribution is 0.475. The minimum absolute atomic E-state index is 0.280. The predicted octanol–water partition coefficient (Wildman–Crippen LogP) is 4.73. The number of aromatic hydroxyl groups is 1. The van der Waals surface area contributed by atoms with Crippen molar-refractivity contribution in [3.63, 3.8) is 0 Å². The third-order valence-corrected chi connectivity index (χ3v) is 3.29. The molecule has 2 N–H and O–H groups in total. The molecule has 0 fully saturated rings. The van der Waals surface area contributed by atoms with Crippen LogP contribution in [-0.2, 0) is 6.42 Å². The molecule has 0 aliphatic carbocycles. The molecule has 2 nitrogen and oxygen atoms in total. The van der Waals surface area contributed by atoms with Crippen LogP contribution in [0, 0.1) is 0 Å². The topological polar surface area (TPSA) is 32.3 Å². The first kappa shape index (κ1) is 13.3. The van der Waals surface area contributed by atoms with E-state index < -0.39 is 0 Å². The first-order valence-electron chi connectivity index (χ1n) is 6.98. The van der Waals surface area contributed by atoms with Gasteiger partial charge in [0.2, 0.25) is 0 Å². The fourth-order valence-electron chi connectivity index (χ4n) is 2.37. The molecule has 3 aromatic carbocycles. The molecule has 104 valence electrons. The van der Waals surface area contributed by atoms with Crippen LogP contribution in [0.4, 0.5) is 11.4 Å². The van der Waals surface area contributed by atoms with E-state index in [9.17, 15) is 5.11 Å². The van der Waals surface area contributed by atoms with Gasteiger partial charge in [-0.25, -0.2) is 0 Å². The molecule has 0 aromatic heterocycles. The van der Waals surface area contributed by atoms with E-state index in [-0.39, 0.29) is 5.75 Å². The average molecular weight is 275 g/mol. The van der Waals surface area contributed by atoms with Gasteiger partial charge < -0.3 is 10.4 Å². The zero-order valence-electron chi connectivity index (χ0n) is 11.7. The number of hydrogen-bond acceptors (Lipinski definition) is 2. The van der Waals surface area contributed by atoms with Gasteiger partial charge in [0.25, 0.3) is 0 Å². The molecule has 3 rings (SSSR count). The summed E-state index contributed by atoms with van der Waals surface area (Å²) in [4.78, 5) is 0. The molecule has 0 bridgehead atoms. The van der Waals surface area contributed by atoms with Gasteiger partial charge in [0.15, 0.2) is 0 Å². The summed E-state index contributed by atoms with van der Waals surface area (Å²) >= 11 is 0. The molecule has 0 spiro atoms. The highest BCUT2D eigenvalue weighted by molar-refractivity contribution is 5.62. The van der Waals surface area contributed by atoms with E-state index >= 15 is 0 Å². The monoisotopic (exact) mass is 275 g/mol. The van der Waals surface area contributed by atoms with Gasteiger partial charge in [-0.05, 0) is 41.8 Å². The van der Waals surface area contributed by atoms with E-state index in [1.165, 1.54) is 5.56 Å². The Morgan fingerprint density at radius 2 is 1.33 bits per heavy atom. The van der Waals surface area contributed by atoms with Crippen LogP contribution in [0.25, 0.3) is 0 Å². The highest BCUT2D eigenvalue weighted by Crippen LogP contribution is 2.24. The fraction of sp³-hybridized carbons (Fsp3) is 0.0526. The highest BCUT2D eigenvalue weighted by atomic mass is 16.3. The van der Waals surface area contributed by atoms with Crippen LogP contribution in [0.5, 0.6) is 5.75 Å². The Labute approximate surface area is 124 Å². The van der Waals surface area contributed by atoms with E-state index in [1.54, 1.807) is 6.07 Å². The summed E-state index contributed by atoms with van der Waals surface area (Å²) in [6, 6.07) is 25.8. The van der Waals surface area contributed by atoms with Crippen molar-refractivity contribution in [2.45, 2.75) is 6.42 Å². The van der Waals surface area contributed by atoms with Crippen molar-refractivity contribution in [3.8, 4) is 5.75 Å². The summed E-state index contributed by atoms with van der Waals surface area (Å²) < 4.78 is 0. The molecule has 0 amide bonds. The highest BCUT2D eigenvalue weighted by Gasteiger charge is 2.02. The van der Waals surface area contributed by atoms with Crippen molar-refractivity contribution < 1.29 is 5.11 Å². The molecule has 3 aromatic rings. The van der Waals surface area contributed by atoms with Crippen LogP contribution < -0.4 is 5.32 Å². The second-order valence-electron chi connectivity index (χ2n) is 5.04. The third-order valence-electron chi connectivity index (χ3n) is 3.29. The summed E-state index contributed by atoms with van der Waals surface area (Å²) in [6.45, 7) is 0. The van der Waals surface area contributed by atoms with E-state index in [0.717, 1.165) is 23.4 Å². The minimum atomic E-state index is 0.280. The molecule has 0 radical (unpaired) electrons. The number of hydrogen-bond donors (Lipinski definition) is 2. The summed E-state index contributed by atoms with van der Waals surface area (Å²) in [5, 5.41) is 13.2. The SMILES string of the molecule is Oc1cc(Cc2ccccc2)cc(Nc2ccccc2)c1. The van der Waals surface area contributed by atoms with Gasteiger partial charge in [-0.2, -0.15) is 0 Å². The van der Waals surface area contributed by atoms with Crippen LogP contribution in [0.2, 0.25) is 0 Å². The van der Waals surface area contributed by atoms with Crippen LogP contribution >= 0.6 is 0 Å². The molecule has 0 atom stereocenters. The van der Waals surface area contributed by atoms with Crippen LogP contribution in [-0.4, -0.2) is 5.11 Å². The molecule has 0 aliphatic rings. The van der Waals surface area contributed by atoms with E-state index in [0.29, 0.717) is 0 Å². The lowest BCUT2D eigenvalue weighted by atomic mass is 10.0. The van der Waals surface area contributed by atoms with Crippen molar-refractivity contribution in [3.05, 3.63) is 90.0 Å². The Balaban J connectivity index is 1.83. The maximum absolute atomic E-state index is 9.91. The van der Waals surface area contributed by atoms with Crippen molar-refractivity contribution in [1.82, 2.24) is 0 Å². The smallest absolute Gasteiger partial charge is 0.117 e. The Bertz CT molecular complexity index is 648. The number of rotatable bonds is 4. The number of anilines is 2. The van der Waals surface area contributed by atoms with Crippen molar-refractivity contribution >= 4 is 11.4 Å². The Morgan fingerprint density at radius 1 is 0.667 bits per heavy atom. The molecule has 2 heteroatoms. The van der Waals surface area contributed by atoms with Gasteiger partial charge in [-0.3, -0.25) is 0 Å². The largest absolute Gasteiger partial charge is 0.508 e. The minimum Gasteiger partial charge on any atom is -0.508 e. The summed E-state index contributed by atoms with van der Waals surface area (Å²) in [5.74, 6) is 0.280. The predicted molar refractivity (Wildman–Crippen MR) is 87.1 cm³/mol. The first-order chi connectivity index (χ1) is 10.3. The lowest BCUT2D eigenvalue weighted by Crippen LogP contribution is -1.93. The first-order valence-corrected chi connectivity index (χ1v) is 6.98. The molecular formula is C19H17NO. The number of phenols is 1. The molecule has 0 unspecified atom stereocenters. The standard InChI is InChI=1S/C19H17NO/c21-19-13-16(11-15-7-3-1-4-8-15)12-18(14-19)20-17-9-5-2-6-10-17/h1-10,12-14,20-21H,11H2. The van der Waals surface area contributed by atoms with Crippen molar-refractivity contribution in [2.24, 2.45) is 0 Å². The van der Waals surface area contributed by atoms with Gasteiger partial charge in [0.1, 0.15) is 5.75 Å². The van der Waals surface area contributed by atoms with Crippen molar-refractivity contribution in [2.75, 3.05) is 5.32 Å².